The first-order valence-corrected chi connectivity index (χ1v) is 9.10. The normalized spacial score (nSPS) is 12.5. The van der Waals surface area contributed by atoms with Gasteiger partial charge in [-0.3, -0.25) is 4.90 Å². The van der Waals surface area contributed by atoms with Crippen LogP contribution in [0.4, 0.5) is 4.39 Å². The Morgan fingerprint density at radius 2 is 2.00 bits per heavy atom. The molecule has 1 atom stereocenters. The highest BCUT2D eigenvalue weighted by molar-refractivity contribution is 7.07. The molecule has 0 radical (unpaired) electrons. The number of aliphatic hydroxyl groups is 1. The van der Waals surface area contributed by atoms with Gasteiger partial charge in [0.1, 0.15) is 5.82 Å². The Kier molecular flexibility index (Phi) is 5.58. The predicted octanol–water partition coefficient (Wildman–Crippen LogP) is 4.63. The number of thiazole rings is 1. The van der Waals surface area contributed by atoms with Crippen LogP contribution in [0, 0.1) is 5.82 Å². The number of hydrogen-bond donors (Lipinski definition) is 1. The fourth-order valence-corrected chi connectivity index (χ4v) is 3.44. The van der Waals surface area contributed by atoms with Crippen molar-refractivity contribution in [3.8, 4) is 11.1 Å². The number of aliphatic hydroxyl groups excluding tert-OH is 1. The molecule has 25 heavy (non-hydrogen) atoms. The van der Waals surface area contributed by atoms with Gasteiger partial charge in [-0.15, -0.1) is 11.3 Å². The first-order chi connectivity index (χ1) is 12.0. The number of benzene rings is 2. The Morgan fingerprint density at radius 3 is 2.72 bits per heavy atom. The molecule has 0 aliphatic heterocycles. The monoisotopic (exact) mass is 356 g/mol. The molecule has 0 amide bonds. The Morgan fingerprint density at radius 1 is 1.20 bits per heavy atom. The van der Waals surface area contributed by atoms with Gasteiger partial charge >= 0.3 is 0 Å². The molecule has 0 saturated heterocycles. The zero-order valence-electron chi connectivity index (χ0n) is 14.3. The standard InChI is InChI=1S/C20H21FN2OS/c1-14(24)18-7-4-8-19(20(18)21)16-6-3-5-15(9-16)10-23(2)11-17-12-25-13-22-17/h3-9,12-14,24H,10-11H2,1-2H3. The topological polar surface area (TPSA) is 36.4 Å². The first kappa shape index (κ1) is 17.7. The molecule has 130 valence electrons. The second kappa shape index (κ2) is 7.87. The van der Waals surface area contributed by atoms with E-state index in [4.69, 9.17) is 0 Å². The lowest BCUT2D eigenvalue weighted by atomic mass is 9.98. The fraction of sp³-hybridized carbons (Fsp3) is 0.250. The van der Waals surface area contributed by atoms with Crippen molar-refractivity contribution >= 4 is 11.3 Å². The zero-order valence-corrected chi connectivity index (χ0v) is 15.1. The zero-order chi connectivity index (χ0) is 17.8. The number of rotatable bonds is 6. The number of hydrogen-bond acceptors (Lipinski definition) is 4. The van der Waals surface area contributed by atoms with Crippen LogP contribution in [0.15, 0.2) is 53.4 Å². The summed E-state index contributed by atoms with van der Waals surface area (Å²) in [4.78, 5) is 6.48. The minimum atomic E-state index is -0.827. The third kappa shape index (κ3) is 4.31. The summed E-state index contributed by atoms with van der Waals surface area (Å²) in [6, 6.07) is 13.0. The minimum absolute atomic E-state index is 0.323. The summed E-state index contributed by atoms with van der Waals surface area (Å²) in [5, 5.41) is 11.8. The van der Waals surface area contributed by atoms with Crippen LogP contribution >= 0.6 is 11.3 Å². The second-order valence-electron chi connectivity index (χ2n) is 6.24. The number of halogens is 1. The van der Waals surface area contributed by atoms with Crippen molar-refractivity contribution in [1.82, 2.24) is 9.88 Å². The molecule has 3 aromatic rings. The van der Waals surface area contributed by atoms with Crippen LogP contribution < -0.4 is 0 Å². The molecule has 0 bridgehead atoms. The van der Waals surface area contributed by atoms with Crippen LogP contribution in [-0.2, 0) is 13.1 Å². The van der Waals surface area contributed by atoms with Gasteiger partial charge in [0.2, 0.25) is 0 Å². The molecule has 1 heterocycles. The lowest BCUT2D eigenvalue weighted by molar-refractivity contribution is 0.194. The van der Waals surface area contributed by atoms with Crippen LogP contribution in [0.5, 0.6) is 0 Å². The van der Waals surface area contributed by atoms with Gasteiger partial charge in [0.05, 0.1) is 17.3 Å². The van der Waals surface area contributed by atoms with Crippen molar-refractivity contribution in [2.45, 2.75) is 26.1 Å². The lowest BCUT2D eigenvalue weighted by Crippen LogP contribution is -2.17. The average molecular weight is 356 g/mol. The highest BCUT2D eigenvalue weighted by Gasteiger charge is 2.13. The summed E-state index contributed by atoms with van der Waals surface area (Å²) < 4.78 is 14.7. The minimum Gasteiger partial charge on any atom is -0.389 e. The Labute approximate surface area is 151 Å². The number of aromatic nitrogens is 1. The van der Waals surface area contributed by atoms with Gasteiger partial charge in [-0.05, 0) is 31.2 Å². The van der Waals surface area contributed by atoms with Gasteiger partial charge in [0.15, 0.2) is 0 Å². The van der Waals surface area contributed by atoms with E-state index in [0.717, 1.165) is 29.9 Å². The van der Waals surface area contributed by atoms with Crippen molar-refractivity contribution < 1.29 is 9.50 Å². The third-order valence-corrected chi connectivity index (χ3v) is 4.72. The maximum absolute atomic E-state index is 14.7. The molecule has 0 aliphatic carbocycles. The van der Waals surface area contributed by atoms with E-state index in [1.165, 1.54) is 0 Å². The maximum Gasteiger partial charge on any atom is 0.136 e. The maximum atomic E-state index is 14.7. The quantitative estimate of drug-likeness (QED) is 0.699. The molecule has 1 aromatic heterocycles. The van der Waals surface area contributed by atoms with Gasteiger partial charge in [-0.1, -0.05) is 36.4 Å². The predicted molar refractivity (Wildman–Crippen MR) is 99.8 cm³/mol. The summed E-state index contributed by atoms with van der Waals surface area (Å²) in [6.07, 6.45) is -0.827. The molecule has 0 saturated carbocycles. The van der Waals surface area contributed by atoms with E-state index in [0.29, 0.717) is 11.1 Å². The van der Waals surface area contributed by atoms with Crippen LogP contribution in [0.25, 0.3) is 11.1 Å². The van der Waals surface area contributed by atoms with Gasteiger partial charge in [-0.25, -0.2) is 9.37 Å². The SMILES string of the molecule is CC(O)c1cccc(-c2cccc(CN(C)Cc3cscn3)c2)c1F. The number of nitrogens with zero attached hydrogens (tertiary/aromatic N) is 2. The molecule has 5 heteroatoms. The summed E-state index contributed by atoms with van der Waals surface area (Å²) in [6.45, 7) is 3.11. The summed E-state index contributed by atoms with van der Waals surface area (Å²) in [5.41, 5.74) is 5.66. The van der Waals surface area contributed by atoms with Crippen LogP contribution in [-0.4, -0.2) is 22.0 Å². The lowest BCUT2D eigenvalue weighted by Gasteiger charge is -2.16. The van der Waals surface area contributed by atoms with E-state index in [1.54, 1.807) is 36.5 Å². The highest BCUT2D eigenvalue weighted by atomic mass is 32.1. The van der Waals surface area contributed by atoms with Gasteiger partial charge < -0.3 is 5.11 Å². The molecule has 3 rings (SSSR count). The third-order valence-electron chi connectivity index (χ3n) is 4.08. The van der Waals surface area contributed by atoms with Crippen molar-refractivity contribution in [3.05, 3.63) is 76.0 Å². The van der Waals surface area contributed by atoms with Gasteiger partial charge in [0.25, 0.3) is 0 Å². The van der Waals surface area contributed by atoms with Crippen molar-refractivity contribution in [2.75, 3.05) is 7.05 Å². The largest absolute Gasteiger partial charge is 0.389 e. The average Bonchev–Trinajstić information content (AvgIpc) is 3.07. The Balaban J connectivity index is 1.81. The molecule has 0 spiro atoms. The Bertz CT molecular complexity index is 833. The van der Waals surface area contributed by atoms with E-state index >= 15 is 0 Å². The van der Waals surface area contributed by atoms with Gasteiger partial charge in [0, 0.05) is 29.6 Å². The summed E-state index contributed by atoms with van der Waals surface area (Å²) in [5.74, 6) is -0.356. The van der Waals surface area contributed by atoms with Crippen molar-refractivity contribution in [2.24, 2.45) is 0 Å². The van der Waals surface area contributed by atoms with Crippen LogP contribution in [0.2, 0.25) is 0 Å². The molecule has 3 nitrogen and oxygen atoms in total. The first-order valence-electron chi connectivity index (χ1n) is 8.16. The molecule has 2 aromatic carbocycles. The van der Waals surface area contributed by atoms with Crippen LogP contribution in [0.3, 0.4) is 0 Å². The molecule has 1 N–H and O–H groups in total. The molecular weight excluding hydrogens is 335 g/mol. The molecule has 1 unspecified atom stereocenters. The second-order valence-corrected chi connectivity index (χ2v) is 6.96. The molecular formula is C20H21FN2OS. The van der Waals surface area contributed by atoms with Crippen molar-refractivity contribution in [1.29, 1.82) is 0 Å². The van der Waals surface area contributed by atoms with Crippen molar-refractivity contribution in [3.63, 3.8) is 0 Å². The van der Waals surface area contributed by atoms with E-state index in [9.17, 15) is 9.50 Å². The molecule has 0 aliphatic rings. The van der Waals surface area contributed by atoms with E-state index in [-0.39, 0.29) is 5.82 Å². The fourth-order valence-electron chi connectivity index (χ4n) is 2.89. The Hall–Kier alpha value is -2.08. The van der Waals surface area contributed by atoms with Gasteiger partial charge in [-0.2, -0.15) is 0 Å². The molecule has 0 fully saturated rings. The summed E-state index contributed by atoms with van der Waals surface area (Å²) >= 11 is 1.59. The summed E-state index contributed by atoms with van der Waals surface area (Å²) in [7, 11) is 2.04. The van der Waals surface area contributed by atoms with E-state index in [2.05, 4.69) is 9.88 Å². The highest BCUT2D eigenvalue weighted by Crippen LogP contribution is 2.28. The smallest absolute Gasteiger partial charge is 0.136 e. The van der Waals surface area contributed by atoms with Crippen LogP contribution in [0.1, 0.15) is 29.8 Å². The van der Waals surface area contributed by atoms with E-state index in [1.807, 2.05) is 42.2 Å². The van der Waals surface area contributed by atoms with E-state index < -0.39 is 6.10 Å².